The molecule has 0 aromatic heterocycles. The number of benzene rings is 1. The van der Waals surface area contributed by atoms with E-state index in [0.717, 1.165) is 19.6 Å². The lowest BCUT2D eigenvalue weighted by Gasteiger charge is -2.32. The second-order valence-electron chi connectivity index (χ2n) is 6.67. The number of carbonyl (C=O) groups is 1. The van der Waals surface area contributed by atoms with E-state index in [2.05, 4.69) is 6.92 Å². The number of ether oxygens (including phenoxy) is 1. The molecule has 2 aliphatic rings. The van der Waals surface area contributed by atoms with E-state index in [9.17, 15) is 13.2 Å². The van der Waals surface area contributed by atoms with Crippen molar-refractivity contribution in [2.45, 2.75) is 11.8 Å². The van der Waals surface area contributed by atoms with Crippen molar-refractivity contribution in [2.75, 3.05) is 59.0 Å². The molecule has 0 bridgehead atoms. The first-order valence-corrected chi connectivity index (χ1v) is 11.2. The van der Waals surface area contributed by atoms with Crippen molar-refractivity contribution < 1.29 is 22.8 Å². The first-order chi connectivity index (χ1) is 12.8. The van der Waals surface area contributed by atoms with Crippen molar-refractivity contribution in [3.05, 3.63) is 27.7 Å². The third kappa shape index (κ3) is 4.41. The molecule has 0 radical (unpaired) electrons. The topological polar surface area (TPSA) is 71.4 Å². The molecule has 1 amide bonds. The summed E-state index contributed by atoms with van der Waals surface area (Å²) in [6.07, 6.45) is 0. The number of rotatable bonds is 4. The molecule has 2 fully saturated rings. The summed E-state index contributed by atoms with van der Waals surface area (Å²) in [5.74, 6) is -0.259. The minimum absolute atomic E-state index is 0.0169. The van der Waals surface area contributed by atoms with Crippen LogP contribution in [0.4, 0.5) is 0 Å². The van der Waals surface area contributed by atoms with Crippen LogP contribution in [-0.2, 0) is 14.8 Å². The smallest absolute Gasteiger partial charge is 0.255 e. The Hall–Kier alpha value is -0.900. The maximum atomic E-state index is 13.0. The average Bonchev–Trinajstić information content (AvgIpc) is 2.68. The van der Waals surface area contributed by atoms with Gasteiger partial charge in [-0.05, 0) is 19.1 Å². The van der Waals surface area contributed by atoms with Crippen LogP contribution in [0.2, 0.25) is 10.0 Å². The second kappa shape index (κ2) is 8.63. The van der Waals surface area contributed by atoms with Crippen LogP contribution < -0.4 is 4.90 Å². The zero-order chi connectivity index (χ0) is 19.6. The van der Waals surface area contributed by atoms with Gasteiger partial charge >= 0.3 is 0 Å². The molecule has 1 N–H and O–H groups in total. The fourth-order valence-electron chi connectivity index (χ4n) is 3.37. The van der Waals surface area contributed by atoms with Gasteiger partial charge in [-0.3, -0.25) is 4.79 Å². The van der Waals surface area contributed by atoms with Gasteiger partial charge in [-0.25, -0.2) is 8.42 Å². The number of piperazine rings is 1. The number of quaternary nitrogens is 1. The van der Waals surface area contributed by atoms with Crippen molar-refractivity contribution in [3.63, 3.8) is 0 Å². The highest BCUT2D eigenvalue weighted by Crippen LogP contribution is 2.31. The van der Waals surface area contributed by atoms with Gasteiger partial charge in [-0.2, -0.15) is 4.31 Å². The quantitative estimate of drug-likeness (QED) is 0.740. The molecule has 1 aromatic carbocycles. The number of hydrogen-bond acceptors (Lipinski definition) is 4. The van der Waals surface area contributed by atoms with E-state index in [4.69, 9.17) is 27.9 Å². The highest BCUT2D eigenvalue weighted by Gasteiger charge is 2.31. The third-order valence-corrected chi connectivity index (χ3v) is 7.77. The Morgan fingerprint density at radius 2 is 1.74 bits per heavy atom. The number of likely N-dealkylation sites (N-methyl/N-ethyl adjacent to an activating group) is 1. The summed E-state index contributed by atoms with van der Waals surface area (Å²) >= 11 is 12.4. The lowest BCUT2D eigenvalue weighted by molar-refractivity contribution is -0.902. The summed E-state index contributed by atoms with van der Waals surface area (Å²) in [5, 5.41) is 0.180. The van der Waals surface area contributed by atoms with Crippen LogP contribution in [0.25, 0.3) is 0 Å². The predicted octanol–water partition coefficient (Wildman–Crippen LogP) is 0.375. The number of carbonyl (C=O) groups excluding carboxylic acids is 1. The highest BCUT2D eigenvalue weighted by atomic mass is 35.5. The van der Waals surface area contributed by atoms with Gasteiger partial charge in [0, 0.05) is 13.1 Å². The van der Waals surface area contributed by atoms with Crippen LogP contribution >= 0.6 is 23.2 Å². The maximum Gasteiger partial charge on any atom is 0.255 e. The van der Waals surface area contributed by atoms with Crippen molar-refractivity contribution in [1.82, 2.24) is 9.21 Å². The van der Waals surface area contributed by atoms with Crippen LogP contribution in [0.15, 0.2) is 17.0 Å². The van der Waals surface area contributed by atoms with E-state index in [1.165, 1.54) is 21.3 Å². The largest absolute Gasteiger partial charge is 0.379 e. The third-order valence-electron chi connectivity index (χ3n) is 5.10. The van der Waals surface area contributed by atoms with E-state index >= 15 is 0 Å². The number of sulfonamides is 1. The average molecular weight is 437 g/mol. The number of morpholine rings is 1. The zero-order valence-corrected chi connectivity index (χ0v) is 17.5. The summed E-state index contributed by atoms with van der Waals surface area (Å²) in [6, 6.07) is 2.66. The van der Waals surface area contributed by atoms with Crippen LogP contribution in [0, 0.1) is 0 Å². The molecule has 0 saturated carbocycles. The normalized spacial score (nSPS) is 20.0. The summed E-state index contributed by atoms with van der Waals surface area (Å²) in [5.41, 5.74) is 0.174. The van der Waals surface area contributed by atoms with Crippen molar-refractivity contribution in [3.8, 4) is 0 Å². The van der Waals surface area contributed by atoms with E-state index in [1.807, 2.05) is 0 Å². The van der Waals surface area contributed by atoms with Crippen LogP contribution in [0.5, 0.6) is 0 Å². The number of nitrogens with zero attached hydrogens (tertiary/aromatic N) is 2. The van der Waals surface area contributed by atoms with Gasteiger partial charge in [0.05, 0.1) is 61.5 Å². The fourth-order valence-corrected chi connectivity index (χ4v) is 5.60. The van der Waals surface area contributed by atoms with E-state index < -0.39 is 10.0 Å². The minimum Gasteiger partial charge on any atom is -0.379 e. The second-order valence-corrected chi connectivity index (χ2v) is 9.40. The van der Waals surface area contributed by atoms with Crippen molar-refractivity contribution in [2.24, 2.45) is 0 Å². The number of hydrogen-bond donors (Lipinski definition) is 1. The molecular weight excluding hydrogens is 413 g/mol. The van der Waals surface area contributed by atoms with Crippen molar-refractivity contribution in [1.29, 1.82) is 0 Å². The Kier molecular flexibility index (Phi) is 6.66. The molecule has 1 aromatic rings. The zero-order valence-electron chi connectivity index (χ0n) is 15.2. The first-order valence-electron chi connectivity index (χ1n) is 9.04. The molecule has 0 atom stereocenters. The van der Waals surface area contributed by atoms with Gasteiger partial charge in [0.2, 0.25) is 10.0 Å². The fraction of sp³-hybridized carbons (Fsp3) is 0.588. The molecule has 0 aliphatic carbocycles. The Morgan fingerprint density at radius 3 is 2.33 bits per heavy atom. The monoisotopic (exact) mass is 436 g/mol. The SMILES string of the molecule is CC[NH+]1CCN(C(=O)c2cc(S(=O)(=O)N3CCOCC3)c(Cl)cc2Cl)CC1. The molecule has 0 spiro atoms. The summed E-state index contributed by atoms with van der Waals surface area (Å²) < 4.78 is 32.5. The highest BCUT2D eigenvalue weighted by molar-refractivity contribution is 7.89. The Balaban J connectivity index is 1.89. The Bertz CT molecular complexity index is 805. The molecule has 0 unspecified atom stereocenters. The van der Waals surface area contributed by atoms with Crippen LogP contribution in [-0.4, -0.2) is 82.6 Å². The summed E-state index contributed by atoms with van der Waals surface area (Å²) in [4.78, 5) is 16.0. The van der Waals surface area contributed by atoms with Gasteiger partial charge in [0.1, 0.15) is 4.90 Å². The summed E-state index contributed by atoms with van der Waals surface area (Å²) in [7, 11) is -3.82. The molecule has 10 heteroatoms. The van der Waals surface area contributed by atoms with Crippen LogP contribution in [0.1, 0.15) is 17.3 Å². The Labute approximate surface area is 169 Å². The lowest BCUT2D eigenvalue weighted by Crippen LogP contribution is -3.14. The molecule has 7 nitrogen and oxygen atoms in total. The van der Waals surface area contributed by atoms with E-state index in [-0.39, 0.29) is 39.5 Å². The molecule has 2 aliphatic heterocycles. The molecule has 150 valence electrons. The van der Waals surface area contributed by atoms with Gasteiger partial charge in [-0.15, -0.1) is 0 Å². The molecule has 3 rings (SSSR count). The summed E-state index contributed by atoms with van der Waals surface area (Å²) in [6.45, 7) is 7.29. The van der Waals surface area contributed by atoms with Gasteiger partial charge in [0.25, 0.3) is 5.91 Å². The van der Waals surface area contributed by atoms with E-state index in [0.29, 0.717) is 26.3 Å². The molecule has 2 saturated heterocycles. The molecule has 27 heavy (non-hydrogen) atoms. The van der Waals surface area contributed by atoms with Crippen LogP contribution in [0.3, 0.4) is 0 Å². The Morgan fingerprint density at radius 1 is 1.11 bits per heavy atom. The molecular formula is C17H24Cl2N3O4S+. The number of nitrogens with one attached hydrogen (secondary N) is 1. The lowest BCUT2D eigenvalue weighted by atomic mass is 10.1. The number of halogens is 2. The standard InChI is InChI=1S/C17H23Cl2N3O4S/c1-2-20-3-5-21(6-4-20)17(23)13-11-16(15(19)12-14(13)18)27(24,25)22-7-9-26-10-8-22/h11-12H,2-10H2,1H3/p+1. The van der Waals surface area contributed by atoms with Gasteiger partial charge in [-0.1, -0.05) is 23.2 Å². The van der Waals surface area contributed by atoms with Gasteiger partial charge < -0.3 is 14.5 Å². The minimum atomic E-state index is -3.82. The number of amides is 1. The predicted molar refractivity (Wildman–Crippen MR) is 103 cm³/mol. The van der Waals surface area contributed by atoms with Crippen molar-refractivity contribution >= 4 is 39.1 Å². The molecule has 2 heterocycles. The van der Waals surface area contributed by atoms with Gasteiger partial charge in [0.15, 0.2) is 0 Å². The maximum absolute atomic E-state index is 13.0. The first kappa shape index (κ1) is 20.8. The van der Waals surface area contributed by atoms with E-state index in [1.54, 1.807) is 4.90 Å².